The van der Waals surface area contributed by atoms with Crippen molar-refractivity contribution >= 4 is 33.7 Å². The molecule has 23 heavy (non-hydrogen) atoms. The molecule has 0 fully saturated rings. The Morgan fingerprint density at radius 2 is 2.30 bits per heavy atom. The van der Waals surface area contributed by atoms with E-state index in [1.807, 2.05) is 18.2 Å². The Hall–Kier alpha value is -1.61. The van der Waals surface area contributed by atoms with Crippen LogP contribution in [0.2, 0.25) is 0 Å². The second-order valence-electron chi connectivity index (χ2n) is 4.77. The Bertz CT molecular complexity index is 688. The van der Waals surface area contributed by atoms with Crippen LogP contribution in [0.25, 0.3) is 0 Å². The fraction of sp³-hybridized carbons (Fsp3) is 0.333. The summed E-state index contributed by atoms with van der Waals surface area (Å²) in [7, 11) is 0.597. The van der Waals surface area contributed by atoms with Gasteiger partial charge < -0.3 is 15.8 Å². The number of nitrogens with two attached hydrogens (primary N) is 1. The third kappa shape index (κ3) is 5.51. The summed E-state index contributed by atoms with van der Waals surface area (Å²) in [6.45, 7) is 0.789. The number of nitrogens with one attached hydrogen (secondary N) is 1. The lowest BCUT2D eigenvalue weighted by atomic mass is 10.2. The molecule has 1 heterocycles. The summed E-state index contributed by atoms with van der Waals surface area (Å²) in [5.74, 6) is 0.646. The van der Waals surface area contributed by atoms with E-state index in [0.717, 1.165) is 10.6 Å². The first-order valence-electron chi connectivity index (χ1n) is 7.01. The number of rotatable bonds is 8. The number of methoxy groups -OCH3 is 1. The topological polar surface area (TPSA) is 94.3 Å². The van der Waals surface area contributed by atoms with E-state index in [1.165, 1.54) is 11.3 Å². The highest BCUT2D eigenvalue weighted by atomic mass is 32.2. The molecule has 0 saturated carbocycles. The number of nitrogens with zero attached hydrogens (tertiary/aromatic N) is 1. The summed E-state index contributed by atoms with van der Waals surface area (Å²) in [5.41, 5.74) is 7.40. The molecule has 2 rings (SSSR count). The van der Waals surface area contributed by atoms with E-state index >= 15 is 0 Å². The number of thiazole rings is 1. The maximum absolute atomic E-state index is 12.1. The van der Waals surface area contributed by atoms with Gasteiger partial charge in [-0.2, -0.15) is 0 Å². The van der Waals surface area contributed by atoms with Gasteiger partial charge in [0, 0.05) is 47.0 Å². The maximum Gasteiger partial charge on any atom is 0.275 e. The number of carbonyl (C=O) groups excluding carboxylic acids is 1. The zero-order valence-corrected chi connectivity index (χ0v) is 14.4. The predicted molar refractivity (Wildman–Crippen MR) is 93.0 cm³/mol. The summed E-state index contributed by atoms with van der Waals surface area (Å²) in [6, 6.07) is 7.31. The molecule has 0 spiro atoms. The van der Waals surface area contributed by atoms with Crippen molar-refractivity contribution in [3.63, 3.8) is 0 Å². The fourth-order valence-corrected chi connectivity index (χ4v) is 3.58. The highest BCUT2D eigenvalue weighted by Gasteiger charge is 2.11. The summed E-state index contributed by atoms with van der Waals surface area (Å²) >= 11 is 1.36. The minimum absolute atomic E-state index is 0.279. The molecule has 6 nitrogen and oxygen atoms in total. The smallest absolute Gasteiger partial charge is 0.275 e. The second kappa shape index (κ2) is 8.88. The van der Waals surface area contributed by atoms with Crippen LogP contribution in [0.4, 0.5) is 5.69 Å². The van der Waals surface area contributed by atoms with Gasteiger partial charge in [0.25, 0.3) is 5.91 Å². The van der Waals surface area contributed by atoms with Gasteiger partial charge in [0.1, 0.15) is 10.7 Å². The van der Waals surface area contributed by atoms with Crippen molar-refractivity contribution in [2.24, 2.45) is 5.73 Å². The predicted octanol–water partition coefficient (Wildman–Crippen LogP) is 1.75. The van der Waals surface area contributed by atoms with Gasteiger partial charge in [-0.05, 0) is 17.7 Å². The zero-order chi connectivity index (χ0) is 16.7. The number of hydrogen-bond donors (Lipinski definition) is 2. The van der Waals surface area contributed by atoms with E-state index in [9.17, 15) is 9.00 Å². The molecule has 3 N–H and O–H groups in total. The summed E-state index contributed by atoms with van der Waals surface area (Å²) in [6.07, 6.45) is 0. The fourth-order valence-electron chi connectivity index (χ4n) is 1.88. The second-order valence-corrected chi connectivity index (χ2v) is 7.29. The molecular formula is C15H19N3O3S2. The minimum Gasteiger partial charge on any atom is -0.384 e. The van der Waals surface area contributed by atoms with Gasteiger partial charge in [0.05, 0.1) is 6.61 Å². The van der Waals surface area contributed by atoms with Crippen LogP contribution in [0.5, 0.6) is 0 Å². The Kier molecular flexibility index (Phi) is 6.85. The van der Waals surface area contributed by atoms with Crippen LogP contribution in [-0.4, -0.2) is 34.6 Å². The molecular weight excluding hydrogens is 334 g/mol. The molecule has 0 radical (unpaired) electrons. The van der Waals surface area contributed by atoms with Crippen LogP contribution in [0.15, 0.2) is 29.6 Å². The lowest BCUT2D eigenvalue weighted by Crippen LogP contribution is -2.13. The molecule has 1 aromatic carbocycles. The van der Waals surface area contributed by atoms with E-state index in [2.05, 4.69) is 10.3 Å². The average molecular weight is 353 g/mol. The molecule has 0 bridgehead atoms. The summed E-state index contributed by atoms with van der Waals surface area (Å²) < 4.78 is 16.8. The summed E-state index contributed by atoms with van der Waals surface area (Å²) in [4.78, 5) is 16.3. The Morgan fingerprint density at radius 3 is 3.00 bits per heavy atom. The molecule has 124 valence electrons. The van der Waals surface area contributed by atoms with E-state index in [-0.39, 0.29) is 5.91 Å². The van der Waals surface area contributed by atoms with Crippen LogP contribution in [0, 0.1) is 0 Å². The molecule has 1 aromatic heterocycles. The maximum atomic E-state index is 12.1. The van der Waals surface area contributed by atoms with E-state index in [4.69, 9.17) is 10.5 Å². The average Bonchev–Trinajstić information content (AvgIpc) is 3.02. The van der Waals surface area contributed by atoms with Crippen molar-refractivity contribution in [1.82, 2.24) is 4.98 Å². The first-order valence-corrected chi connectivity index (χ1v) is 9.38. The molecule has 1 amide bonds. The van der Waals surface area contributed by atoms with E-state index in [1.54, 1.807) is 18.6 Å². The van der Waals surface area contributed by atoms with Crippen LogP contribution < -0.4 is 11.1 Å². The van der Waals surface area contributed by atoms with Crippen LogP contribution in [0.1, 0.15) is 21.1 Å². The molecule has 1 atom stereocenters. The van der Waals surface area contributed by atoms with Gasteiger partial charge >= 0.3 is 0 Å². The van der Waals surface area contributed by atoms with Gasteiger partial charge in [-0.3, -0.25) is 9.00 Å². The van der Waals surface area contributed by atoms with Gasteiger partial charge in [0.15, 0.2) is 0 Å². The number of carbonyl (C=O) groups is 1. The number of amides is 1. The number of benzene rings is 1. The zero-order valence-electron chi connectivity index (χ0n) is 12.8. The molecule has 8 heteroatoms. The van der Waals surface area contributed by atoms with E-state index < -0.39 is 10.8 Å². The molecule has 1 unspecified atom stereocenters. The summed E-state index contributed by atoms with van der Waals surface area (Å²) in [5, 5.41) is 5.19. The lowest BCUT2D eigenvalue weighted by molar-refractivity contribution is 0.102. The van der Waals surface area contributed by atoms with Crippen LogP contribution in [0.3, 0.4) is 0 Å². The molecule has 0 aliphatic carbocycles. The van der Waals surface area contributed by atoms with E-state index in [0.29, 0.717) is 36.0 Å². The van der Waals surface area contributed by atoms with Crippen molar-refractivity contribution in [2.75, 3.05) is 24.8 Å². The highest BCUT2D eigenvalue weighted by Crippen LogP contribution is 2.15. The minimum atomic E-state index is -0.988. The third-order valence-corrected chi connectivity index (χ3v) is 5.14. The monoisotopic (exact) mass is 353 g/mol. The normalized spacial score (nSPS) is 12.1. The van der Waals surface area contributed by atoms with Crippen molar-refractivity contribution in [2.45, 2.75) is 12.3 Å². The Labute approximate surface area is 141 Å². The SMILES string of the molecule is COCCS(=O)Cc1cccc(NC(=O)c2csc(CN)n2)c1. The number of aromatic nitrogens is 1. The van der Waals surface area contributed by atoms with Crippen LogP contribution >= 0.6 is 11.3 Å². The molecule has 0 aliphatic rings. The van der Waals surface area contributed by atoms with Crippen molar-refractivity contribution in [3.05, 3.63) is 45.9 Å². The molecule has 0 aliphatic heterocycles. The van der Waals surface area contributed by atoms with Gasteiger partial charge in [-0.1, -0.05) is 12.1 Å². The largest absolute Gasteiger partial charge is 0.384 e. The van der Waals surface area contributed by atoms with Crippen molar-refractivity contribution in [3.8, 4) is 0 Å². The highest BCUT2D eigenvalue weighted by molar-refractivity contribution is 7.84. The number of ether oxygens (including phenoxy) is 1. The van der Waals surface area contributed by atoms with Gasteiger partial charge in [-0.25, -0.2) is 4.98 Å². The number of hydrogen-bond acceptors (Lipinski definition) is 6. The Morgan fingerprint density at radius 1 is 1.48 bits per heavy atom. The Balaban J connectivity index is 1.99. The quantitative estimate of drug-likeness (QED) is 0.754. The lowest BCUT2D eigenvalue weighted by Gasteiger charge is -2.06. The molecule has 0 saturated heterocycles. The van der Waals surface area contributed by atoms with Crippen molar-refractivity contribution < 1.29 is 13.7 Å². The van der Waals surface area contributed by atoms with Crippen LogP contribution in [-0.2, 0) is 27.8 Å². The first-order chi connectivity index (χ1) is 11.1. The first kappa shape index (κ1) is 17.7. The van der Waals surface area contributed by atoms with Gasteiger partial charge in [0.2, 0.25) is 0 Å². The molecule has 2 aromatic rings. The third-order valence-electron chi connectivity index (χ3n) is 2.99. The standard InChI is InChI=1S/C15H19N3O3S2/c1-21-5-6-23(20)10-11-3-2-4-12(7-11)17-15(19)13-9-22-14(8-16)18-13/h2-4,7,9H,5-6,8,10,16H2,1H3,(H,17,19). The number of anilines is 1. The van der Waals surface area contributed by atoms with Gasteiger partial charge in [-0.15, -0.1) is 11.3 Å². The van der Waals surface area contributed by atoms with Crippen molar-refractivity contribution in [1.29, 1.82) is 0 Å².